The van der Waals surface area contributed by atoms with Gasteiger partial charge in [0, 0.05) is 61.5 Å². The summed E-state index contributed by atoms with van der Waals surface area (Å²) in [6.07, 6.45) is 6.09. The molecule has 0 radical (unpaired) electrons. The summed E-state index contributed by atoms with van der Waals surface area (Å²) in [6.45, 7) is 4.81. The lowest BCUT2D eigenvalue weighted by Gasteiger charge is -2.46. The molecule has 18 heteroatoms. The number of nitrogens with zero attached hydrogens (tertiary/aromatic N) is 6. The number of aryl methyl sites for hydroxylation is 3. The summed E-state index contributed by atoms with van der Waals surface area (Å²) in [5.41, 5.74) is 2.98. The van der Waals surface area contributed by atoms with Crippen LogP contribution in [0.3, 0.4) is 0 Å². The number of esters is 1. The Morgan fingerprint density at radius 3 is 2.42 bits per heavy atom. The van der Waals surface area contributed by atoms with E-state index >= 15 is 4.21 Å². The van der Waals surface area contributed by atoms with Crippen molar-refractivity contribution in [1.29, 1.82) is 0 Å². The molecular weight excluding hydrogens is 838 g/mol. The lowest BCUT2D eigenvalue weighted by Crippen LogP contribution is -2.50. The van der Waals surface area contributed by atoms with Gasteiger partial charge in [-0.05, 0) is 105 Å². The predicted octanol–water partition coefficient (Wildman–Crippen LogP) is 5.68. The zero-order chi connectivity index (χ0) is 44.1. The normalized spacial score (nSPS) is 28.6. The van der Waals surface area contributed by atoms with Crippen molar-refractivity contribution >= 4 is 45.0 Å². The molecule has 2 aliphatic carbocycles. The Morgan fingerprint density at radius 2 is 1.71 bits per heavy atom. The lowest BCUT2D eigenvalue weighted by molar-refractivity contribution is -0.0320. The highest BCUT2D eigenvalue weighted by atomic mass is 35.5. The van der Waals surface area contributed by atoms with Gasteiger partial charge in [0.15, 0.2) is 0 Å². The minimum Gasteiger partial charge on any atom is -0.490 e. The second kappa shape index (κ2) is 17.2. The lowest BCUT2D eigenvalue weighted by atomic mass is 9.68. The van der Waals surface area contributed by atoms with Gasteiger partial charge in [0.2, 0.25) is 11.8 Å². The number of anilines is 1. The average Bonchev–Trinajstić information content (AvgIpc) is 3.78. The predicted molar refractivity (Wildman–Crippen MR) is 231 cm³/mol. The van der Waals surface area contributed by atoms with Gasteiger partial charge in [-0.1, -0.05) is 24.6 Å². The van der Waals surface area contributed by atoms with Crippen LogP contribution in [0.15, 0.2) is 53.2 Å². The molecule has 2 aliphatic heterocycles. The average molecular weight is 892 g/mol. The number of methoxy groups -OCH3 is 2. The van der Waals surface area contributed by atoms with Crippen LogP contribution in [-0.4, -0.2) is 98.0 Å². The molecule has 1 spiro atoms. The number of hydrogen-bond acceptors (Lipinski definition) is 12. The molecule has 2 bridgehead atoms. The highest BCUT2D eigenvalue weighted by Gasteiger charge is 2.46. The van der Waals surface area contributed by atoms with Crippen molar-refractivity contribution in [2.45, 2.75) is 81.7 Å². The number of carbonyl (C=O) groups is 3. The molecule has 8 rings (SSSR count). The standard InChI is InChI=1S/C44H54ClN7O9S/c1-25-26(2)62(57,49-40(55)32-21-50(3)46-41(32)58-5)48-39(54)28-10-15-38-35(19-28)52(23-44(24-60-38)17-7-8-27-18-30(45)11-13-34(27)44)20-29-9-12-31(29)37(16-14-36(25)53)61-43(56)33-22-51(4)47-42(33)59-6/h10-11,13,15,18-19,21-22,25-26,29,31,36-37,53H,7-9,12,14,16-17,20,23-24H2,1-6H3,(H,48,49,54,55,57)/t25-,26-,29+,31-,36+,37+,44+,62?/m1/s1. The van der Waals surface area contributed by atoms with Crippen molar-refractivity contribution in [3.8, 4) is 17.5 Å². The van der Waals surface area contributed by atoms with Crippen LogP contribution >= 0.6 is 11.6 Å². The molecule has 0 saturated heterocycles. The Bertz CT molecular complexity index is 2520. The van der Waals surface area contributed by atoms with E-state index in [4.69, 9.17) is 30.5 Å². The Labute approximate surface area is 366 Å². The van der Waals surface area contributed by atoms with Crippen LogP contribution in [0.2, 0.25) is 5.02 Å². The number of aliphatic hydroxyl groups is 1. The summed E-state index contributed by atoms with van der Waals surface area (Å²) in [5, 5.41) is 19.9. The number of fused-ring (bicyclic) bond motifs is 4. The highest BCUT2D eigenvalue weighted by molar-refractivity contribution is 7.93. The Kier molecular flexibility index (Phi) is 12.1. The van der Waals surface area contributed by atoms with Gasteiger partial charge in [-0.25, -0.2) is 9.00 Å². The fourth-order valence-corrected chi connectivity index (χ4v) is 11.8. The SMILES string of the molecule is COc1nn(C)cc1C(=O)NS1(=O)=NC(=O)c2ccc3c(c2)N(C[C@@H]2CC[C@H]2[C@@H](OC(=O)c2cn(C)nc2OC)CC[C@H](O)[C@H](C)[C@H]1C)C[C@@]1(CCCc2cc(Cl)ccc21)CO3. The maximum absolute atomic E-state index is 15.2. The number of amides is 2. The van der Waals surface area contributed by atoms with Crippen molar-refractivity contribution in [3.05, 3.63) is 81.6 Å². The fourth-order valence-electron chi connectivity index (χ4n) is 9.70. The molecule has 8 atom stereocenters. The molecule has 1 saturated carbocycles. The summed E-state index contributed by atoms with van der Waals surface area (Å²) in [7, 11) is 2.15. The molecule has 1 unspecified atom stereocenters. The van der Waals surface area contributed by atoms with E-state index in [1.165, 1.54) is 40.9 Å². The molecule has 16 nitrogen and oxygen atoms in total. The topological polar surface area (TPSA) is 189 Å². The maximum Gasteiger partial charge on any atom is 0.345 e. The van der Waals surface area contributed by atoms with Gasteiger partial charge in [-0.3, -0.25) is 23.7 Å². The molecule has 4 heterocycles. The van der Waals surface area contributed by atoms with E-state index in [1.54, 1.807) is 52.3 Å². The number of carbonyl (C=O) groups excluding carboxylic acids is 3. The van der Waals surface area contributed by atoms with E-state index in [2.05, 4.69) is 30.2 Å². The summed E-state index contributed by atoms with van der Waals surface area (Å²) in [4.78, 5) is 44.4. The number of ether oxygens (including phenoxy) is 4. The molecule has 2 N–H and O–H groups in total. The molecule has 4 aliphatic rings. The van der Waals surface area contributed by atoms with Gasteiger partial charge in [0.25, 0.3) is 11.8 Å². The molecule has 332 valence electrons. The largest absolute Gasteiger partial charge is 0.490 e. The highest BCUT2D eigenvalue weighted by Crippen LogP contribution is 2.47. The first-order chi connectivity index (χ1) is 29.6. The van der Waals surface area contributed by atoms with Gasteiger partial charge in [-0.2, -0.15) is 0 Å². The Balaban J connectivity index is 1.23. The third-order valence-corrected chi connectivity index (χ3v) is 16.0. The van der Waals surface area contributed by atoms with Crippen LogP contribution < -0.4 is 23.8 Å². The molecule has 2 aromatic carbocycles. The minimum atomic E-state index is -3.96. The first-order valence-electron chi connectivity index (χ1n) is 21.1. The van der Waals surface area contributed by atoms with E-state index in [1.807, 2.05) is 12.1 Å². The second-order valence-corrected chi connectivity index (χ2v) is 20.0. The third-order valence-electron chi connectivity index (χ3n) is 13.4. The quantitative estimate of drug-likeness (QED) is 0.226. The zero-order valence-electron chi connectivity index (χ0n) is 35.8. The van der Waals surface area contributed by atoms with Crippen molar-refractivity contribution in [3.63, 3.8) is 0 Å². The van der Waals surface area contributed by atoms with E-state index < -0.39 is 56.5 Å². The number of nitrogens with one attached hydrogen (secondary N) is 1. The third kappa shape index (κ3) is 8.26. The number of benzene rings is 2. The van der Waals surface area contributed by atoms with Crippen molar-refractivity contribution in [1.82, 2.24) is 24.3 Å². The van der Waals surface area contributed by atoms with E-state index in [-0.39, 0.29) is 53.1 Å². The molecule has 2 amide bonds. The first-order valence-corrected chi connectivity index (χ1v) is 23.0. The molecule has 1 fully saturated rings. The van der Waals surface area contributed by atoms with Gasteiger partial charge in [0.05, 0.1) is 37.9 Å². The summed E-state index contributed by atoms with van der Waals surface area (Å²) >= 11 is 6.51. The van der Waals surface area contributed by atoms with Crippen LogP contribution in [0.25, 0.3) is 0 Å². The Morgan fingerprint density at radius 1 is 0.984 bits per heavy atom. The van der Waals surface area contributed by atoms with Crippen molar-refractivity contribution in [2.24, 2.45) is 36.2 Å². The summed E-state index contributed by atoms with van der Waals surface area (Å²) in [5.74, 6) is -2.22. The van der Waals surface area contributed by atoms with E-state index in [0.717, 1.165) is 32.1 Å². The maximum atomic E-state index is 15.2. The second-order valence-electron chi connectivity index (χ2n) is 17.3. The molecule has 62 heavy (non-hydrogen) atoms. The van der Waals surface area contributed by atoms with Crippen molar-refractivity contribution in [2.75, 3.05) is 38.8 Å². The number of halogens is 1. The molecular formula is C44H54ClN7O9S. The van der Waals surface area contributed by atoms with Gasteiger partial charge in [-0.15, -0.1) is 14.6 Å². The van der Waals surface area contributed by atoms with Crippen LogP contribution in [0.4, 0.5) is 5.69 Å². The summed E-state index contributed by atoms with van der Waals surface area (Å²) in [6, 6.07) is 11.1. The minimum absolute atomic E-state index is 0.000590. The fraction of sp³-hybridized carbons (Fsp3) is 0.523. The number of aromatic nitrogens is 4. The zero-order valence-corrected chi connectivity index (χ0v) is 37.4. The van der Waals surface area contributed by atoms with Crippen LogP contribution in [0.5, 0.6) is 17.5 Å². The van der Waals surface area contributed by atoms with E-state index in [9.17, 15) is 19.5 Å². The van der Waals surface area contributed by atoms with Gasteiger partial charge >= 0.3 is 5.97 Å². The Hall–Kier alpha value is -5.13. The number of hydrogen-bond donors (Lipinski definition) is 2. The summed E-state index contributed by atoms with van der Waals surface area (Å²) < 4.78 is 48.7. The van der Waals surface area contributed by atoms with Crippen LogP contribution in [-0.2, 0) is 40.6 Å². The number of aliphatic hydroxyl groups excluding tert-OH is 1. The first kappa shape index (κ1) is 43.5. The van der Waals surface area contributed by atoms with Crippen LogP contribution in [0.1, 0.15) is 94.6 Å². The number of rotatable bonds is 6. The van der Waals surface area contributed by atoms with E-state index in [0.29, 0.717) is 36.2 Å². The van der Waals surface area contributed by atoms with Gasteiger partial charge in [0.1, 0.15) is 32.9 Å². The monoisotopic (exact) mass is 891 g/mol. The molecule has 2 aromatic heterocycles. The van der Waals surface area contributed by atoms with Gasteiger partial charge < -0.3 is 29.0 Å². The van der Waals surface area contributed by atoms with Crippen molar-refractivity contribution < 1.29 is 42.6 Å². The van der Waals surface area contributed by atoms with Crippen LogP contribution in [0, 0.1) is 17.8 Å². The molecule has 4 aromatic rings. The smallest absolute Gasteiger partial charge is 0.345 e.